The minimum atomic E-state index is -0.932. The number of carbonyl (C=O) groups excluding carboxylic acids is 1. The normalized spacial score (nSPS) is 19.8. The van der Waals surface area contributed by atoms with Crippen LogP contribution in [0.1, 0.15) is 40.7 Å². The second kappa shape index (κ2) is 7.23. The van der Waals surface area contributed by atoms with E-state index in [4.69, 9.17) is 4.74 Å². The van der Waals surface area contributed by atoms with Crippen LogP contribution in [0.3, 0.4) is 0 Å². The van der Waals surface area contributed by atoms with Crippen LogP contribution in [0, 0.1) is 0 Å². The van der Waals surface area contributed by atoms with Crippen LogP contribution in [0.4, 0.5) is 0 Å². The first-order valence-electron chi connectivity index (χ1n) is 8.35. The predicted octanol–water partition coefficient (Wildman–Crippen LogP) is 1.92. The number of fused-ring (bicyclic) bond motifs is 1. The van der Waals surface area contributed by atoms with Gasteiger partial charge in [-0.05, 0) is 42.9 Å². The van der Waals surface area contributed by atoms with Gasteiger partial charge < -0.3 is 9.84 Å². The summed E-state index contributed by atoms with van der Waals surface area (Å²) in [5.74, 6) is -1.02. The molecule has 0 unspecified atom stereocenters. The third kappa shape index (κ3) is 3.79. The van der Waals surface area contributed by atoms with E-state index < -0.39 is 12.0 Å². The van der Waals surface area contributed by atoms with Crippen LogP contribution in [0.5, 0.6) is 0 Å². The highest BCUT2D eigenvalue weighted by Crippen LogP contribution is 2.23. The molecule has 0 saturated carbocycles. The predicted molar refractivity (Wildman–Crippen MR) is 85.8 cm³/mol. The van der Waals surface area contributed by atoms with Gasteiger partial charge in [-0.1, -0.05) is 12.1 Å². The smallest absolute Gasteiger partial charge is 0.321 e. The largest absolute Gasteiger partial charge is 0.480 e. The summed E-state index contributed by atoms with van der Waals surface area (Å²) in [5, 5.41) is 9.48. The number of aliphatic carboxylic acids is 1. The first-order chi connectivity index (χ1) is 11.1. The number of ketones is 1. The molecule has 1 fully saturated rings. The highest BCUT2D eigenvalue weighted by atomic mass is 16.5. The molecule has 1 aromatic rings. The quantitative estimate of drug-likeness (QED) is 0.841. The van der Waals surface area contributed by atoms with E-state index in [1.807, 2.05) is 23.1 Å². The van der Waals surface area contributed by atoms with E-state index in [2.05, 4.69) is 0 Å². The van der Waals surface area contributed by atoms with Gasteiger partial charge in [-0.2, -0.15) is 0 Å². The maximum Gasteiger partial charge on any atom is 0.321 e. The molecular formula is C18H23NO4. The average molecular weight is 317 g/mol. The van der Waals surface area contributed by atoms with Crippen molar-refractivity contribution in [2.75, 3.05) is 26.3 Å². The standard InChI is InChI=1S/C18H23NO4/c20-17(12-16(18(21)22)19-7-9-23-10-8-19)15-6-5-13-3-1-2-4-14(13)11-15/h5-6,11,16H,1-4,7-10,12H2,(H,21,22)/t16-/m0/s1. The molecule has 1 atom stereocenters. The Morgan fingerprint density at radius 3 is 2.52 bits per heavy atom. The zero-order valence-electron chi connectivity index (χ0n) is 13.3. The fourth-order valence-electron chi connectivity index (χ4n) is 3.46. The molecule has 2 aliphatic rings. The molecule has 0 radical (unpaired) electrons. The van der Waals surface area contributed by atoms with E-state index in [0.717, 1.165) is 19.3 Å². The molecule has 5 nitrogen and oxygen atoms in total. The molecule has 0 bridgehead atoms. The zero-order chi connectivity index (χ0) is 16.2. The van der Waals surface area contributed by atoms with Crippen molar-refractivity contribution < 1.29 is 19.4 Å². The Kier molecular flexibility index (Phi) is 5.08. The number of nitrogens with zero attached hydrogens (tertiary/aromatic N) is 1. The molecule has 1 aliphatic heterocycles. The lowest BCUT2D eigenvalue weighted by Gasteiger charge is -2.31. The topological polar surface area (TPSA) is 66.8 Å². The third-order valence-corrected chi connectivity index (χ3v) is 4.82. The zero-order valence-corrected chi connectivity index (χ0v) is 13.3. The van der Waals surface area contributed by atoms with Gasteiger partial charge in [0, 0.05) is 25.1 Å². The van der Waals surface area contributed by atoms with Crippen LogP contribution in [0.2, 0.25) is 0 Å². The summed E-state index contributed by atoms with van der Waals surface area (Å²) in [6, 6.07) is 5.09. The van der Waals surface area contributed by atoms with Gasteiger partial charge in [-0.15, -0.1) is 0 Å². The van der Waals surface area contributed by atoms with Gasteiger partial charge >= 0.3 is 5.97 Å². The lowest BCUT2D eigenvalue weighted by Crippen LogP contribution is -2.48. The summed E-state index contributed by atoms with van der Waals surface area (Å²) < 4.78 is 5.26. The number of ether oxygens (including phenoxy) is 1. The molecule has 0 aromatic heterocycles. The van der Waals surface area contributed by atoms with Crippen molar-refractivity contribution in [3.8, 4) is 0 Å². The van der Waals surface area contributed by atoms with Crippen LogP contribution in [0.15, 0.2) is 18.2 Å². The van der Waals surface area contributed by atoms with Crippen molar-refractivity contribution in [1.29, 1.82) is 0 Å². The number of carboxylic acid groups (broad SMARTS) is 1. The van der Waals surface area contributed by atoms with Crippen LogP contribution in [-0.4, -0.2) is 54.1 Å². The summed E-state index contributed by atoms with van der Waals surface area (Å²) in [7, 11) is 0. The van der Waals surface area contributed by atoms with Crippen molar-refractivity contribution in [2.24, 2.45) is 0 Å². The number of morpholine rings is 1. The van der Waals surface area contributed by atoms with E-state index in [1.165, 1.54) is 17.5 Å². The molecule has 1 aromatic carbocycles. The number of aryl methyl sites for hydroxylation is 2. The van der Waals surface area contributed by atoms with E-state index in [9.17, 15) is 14.7 Å². The molecular weight excluding hydrogens is 294 g/mol. The number of benzene rings is 1. The molecule has 1 saturated heterocycles. The molecule has 5 heteroatoms. The number of carbonyl (C=O) groups is 2. The molecule has 124 valence electrons. The van der Waals surface area contributed by atoms with E-state index in [1.54, 1.807) is 0 Å². The molecule has 0 amide bonds. The summed E-state index contributed by atoms with van der Waals surface area (Å²) in [4.78, 5) is 26.0. The van der Waals surface area contributed by atoms with Crippen LogP contribution >= 0.6 is 0 Å². The Hall–Kier alpha value is -1.72. The Morgan fingerprint density at radius 2 is 1.83 bits per heavy atom. The Morgan fingerprint density at radius 1 is 1.13 bits per heavy atom. The number of hydrogen-bond acceptors (Lipinski definition) is 4. The van der Waals surface area contributed by atoms with Crippen molar-refractivity contribution in [3.63, 3.8) is 0 Å². The third-order valence-electron chi connectivity index (χ3n) is 4.82. The minimum absolute atomic E-state index is 0.0219. The van der Waals surface area contributed by atoms with Crippen LogP contribution in [-0.2, 0) is 22.4 Å². The SMILES string of the molecule is O=C(C[C@@H](C(=O)O)N1CCOCC1)c1ccc2c(c1)CCCC2. The van der Waals surface area contributed by atoms with Gasteiger partial charge in [0.2, 0.25) is 0 Å². The first-order valence-corrected chi connectivity index (χ1v) is 8.35. The molecule has 0 spiro atoms. The first kappa shape index (κ1) is 16.1. The molecule has 1 N–H and O–H groups in total. The Labute approximate surface area is 136 Å². The summed E-state index contributed by atoms with van der Waals surface area (Å²) in [6.07, 6.45) is 4.49. The number of carboxylic acids is 1. The van der Waals surface area contributed by atoms with Gasteiger partial charge in [-0.25, -0.2) is 0 Å². The fraction of sp³-hybridized carbons (Fsp3) is 0.556. The lowest BCUT2D eigenvalue weighted by molar-refractivity contribution is -0.144. The second-order valence-corrected chi connectivity index (χ2v) is 6.32. The van der Waals surface area contributed by atoms with E-state index in [0.29, 0.717) is 31.9 Å². The van der Waals surface area contributed by atoms with Gasteiger partial charge in [0.15, 0.2) is 5.78 Å². The number of hydrogen-bond donors (Lipinski definition) is 1. The summed E-state index contributed by atoms with van der Waals surface area (Å²) in [5.41, 5.74) is 3.22. The average Bonchev–Trinajstić information content (AvgIpc) is 2.59. The van der Waals surface area contributed by atoms with Gasteiger partial charge in [0.1, 0.15) is 6.04 Å². The fourth-order valence-corrected chi connectivity index (χ4v) is 3.46. The van der Waals surface area contributed by atoms with Gasteiger partial charge in [-0.3, -0.25) is 14.5 Å². The van der Waals surface area contributed by atoms with Gasteiger partial charge in [0.25, 0.3) is 0 Å². The maximum atomic E-state index is 12.6. The monoisotopic (exact) mass is 317 g/mol. The van der Waals surface area contributed by atoms with Crippen molar-refractivity contribution in [1.82, 2.24) is 4.90 Å². The Bertz CT molecular complexity index is 593. The summed E-state index contributed by atoms with van der Waals surface area (Å²) in [6.45, 7) is 2.18. The molecule has 23 heavy (non-hydrogen) atoms. The van der Waals surface area contributed by atoms with Crippen molar-refractivity contribution in [3.05, 3.63) is 34.9 Å². The highest BCUT2D eigenvalue weighted by Gasteiger charge is 2.29. The van der Waals surface area contributed by atoms with E-state index >= 15 is 0 Å². The highest BCUT2D eigenvalue weighted by molar-refractivity contribution is 5.99. The lowest BCUT2D eigenvalue weighted by atomic mass is 9.89. The van der Waals surface area contributed by atoms with E-state index in [-0.39, 0.29) is 12.2 Å². The maximum absolute atomic E-state index is 12.6. The number of rotatable bonds is 5. The van der Waals surface area contributed by atoms with Crippen LogP contribution in [0.25, 0.3) is 0 Å². The second-order valence-electron chi connectivity index (χ2n) is 6.32. The van der Waals surface area contributed by atoms with Gasteiger partial charge in [0.05, 0.1) is 13.2 Å². The Balaban J connectivity index is 1.72. The van der Waals surface area contributed by atoms with Crippen molar-refractivity contribution >= 4 is 11.8 Å². The van der Waals surface area contributed by atoms with Crippen LogP contribution < -0.4 is 0 Å². The molecule has 1 heterocycles. The van der Waals surface area contributed by atoms with Crippen molar-refractivity contribution in [2.45, 2.75) is 38.1 Å². The number of Topliss-reactive ketones (excluding diaryl/α,β-unsaturated/α-hetero) is 1. The summed E-state index contributed by atoms with van der Waals surface area (Å²) >= 11 is 0. The molecule has 1 aliphatic carbocycles. The molecule has 3 rings (SSSR count). The minimum Gasteiger partial charge on any atom is -0.480 e.